The van der Waals surface area contributed by atoms with Crippen molar-refractivity contribution in [2.24, 2.45) is 0 Å². The number of aromatic nitrogens is 3. The Kier molecular flexibility index (Phi) is 1.12. The van der Waals surface area contributed by atoms with Crippen molar-refractivity contribution in [3.05, 3.63) is 11.4 Å². The Bertz CT molecular complexity index is 240. The molecule has 0 aliphatic heterocycles. The summed E-state index contributed by atoms with van der Waals surface area (Å²) in [5, 5.41) is 7.69. The van der Waals surface area contributed by atoms with Gasteiger partial charge in [-0.2, -0.15) is 4.79 Å². The summed E-state index contributed by atoms with van der Waals surface area (Å²) in [6.07, 6.45) is 4.54. The van der Waals surface area contributed by atoms with Crippen LogP contribution in [0.5, 0.6) is 0 Å². The Morgan fingerprint density at radius 3 is 2.90 bits per heavy atom. The van der Waals surface area contributed by atoms with E-state index in [2.05, 4.69) is 10.3 Å². The summed E-state index contributed by atoms with van der Waals surface area (Å²) in [5.41, 5.74) is 2.21. The summed E-state index contributed by atoms with van der Waals surface area (Å²) < 4.78 is 0. The van der Waals surface area contributed by atoms with Crippen molar-refractivity contribution in [3.8, 4) is 0 Å². The average molecular weight is 138 g/mol. The lowest BCUT2D eigenvalue weighted by Crippen LogP contribution is -2.16. The lowest BCUT2D eigenvalue weighted by molar-refractivity contribution is 0.643. The van der Waals surface area contributed by atoms with Crippen molar-refractivity contribution >= 4 is 0 Å². The molecule has 0 radical (unpaired) electrons. The maximum Gasteiger partial charge on any atom is 0.0881 e. The lowest BCUT2D eigenvalue weighted by atomic mass is 10.0. The number of hydrogen-bond donors (Lipinski definition) is 1. The predicted octanol–water partition coefficient (Wildman–Crippen LogP) is -0.129. The van der Waals surface area contributed by atoms with Crippen LogP contribution in [0.25, 0.3) is 0 Å². The van der Waals surface area contributed by atoms with Gasteiger partial charge in [0, 0.05) is 0 Å². The molecule has 2 N–H and O–H groups in total. The second-order valence-electron chi connectivity index (χ2n) is 2.63. The monoisotopic (exact) mass is 138 g/mol. The lowest BCUT2D eigenvalue weighted by Gasteiger charge is -2.08. The minimum atomic E-state index is 1.04. The van der Waals surface area contributed by atoms with Gasteiger partial charge in [-0.1, -0.05) is 0 Å². The fourth-order valence-electron chi connectivity index (χ4n) is 1.38. The van der Waals surface area contributed by atoms with E-state index in [4.69, 9.17) is 5.84 Å². The Balaban J connectivity index is 2.45. The highest BCUT2D eigenvalue weighted by Gasteiger charge is 2.14. The summed E-state index contributed by atoms with van der Waals surface area (Å²) in [5.74, 6) is 5.50. The molecule has 54 valence electrons. The van der Waals surface area contributed by atoms with Crippen LogP contribution in [0.3, 0.4) is 0 Å². The van der Waals surface area contributed by atoms with E-state index in [1.807, 2.05) is 0 Å². The molecule has 0 saturated heterocycles. The molecule has 0 bridgehead atoms. The minimum absolute atomic E-state index is 1.04. The second-order valence-corrected chi connectivity index (χ2v) is 2.63. The summed E-state index contributed by atoms with van der Waals surface area (Å²) in [4.78, 5) is 1.40. The van der Waals surface area contributed by atoms with E-state index in [9.17, 15) is 0 Å². The van der Waals surface area contributed by atoms with Crippen LogP contribution >= 0.6 is 0 Å². The molecule has 1 aromatic rings. The van der Waals surface area contributed by atoms with Crippen LogP contribution in [-0.2, 0) is 12.8 Å². The maximum absolute atomic E-state index is 5.50. The maximum atomic E-state index is 5.50. The molecule has 0 fully saturated rings. The highest BCUT2D eigenvalue weighted by molar-refractivity contribution is 5.13. The molecular weight excluding hydrogens is 128 g/mol. The van der Waals surface area contributed by atoms with Crippen molar-refractivity contribution < 1.29 is 0 Å². The van der Waals surface area contributed by atoms with Gasteiger partial charge in [0.1, 0.15) is 0 Å². The molecule has 4 nitrogen and oxygen atoms in total. The molecule has 1 aromatic heterocycles. The van der Waals surface area contributed by atoms with Crippen LogP contribution < -0.4 is 5.84 Å². The van der Waals surface area contributed by atoms with Gasteiger partial charge in [0.25, 0.3) is 0 Å². The van der Waals surface area contributed by atoms with Gasteiger partial charge in [-0.05, 0) is 30.9 Å². The molecule has 2 rings (SSSR count). The molecule has 0 saturated carbocycles. The zero-order chi connectivity index (χ0) is 6.97. The van der Waals surface area contributed by atoms with Crippen molar-refractivity contribution in [2.45, 2.75) is 25.7 Å². The highest BCUT2D eigenvalue weighted by Crippen LogP contribution is 2.16. The van der Waals surface area contributed by atoms with E-state index in [1.54, 1.807) is 0 Å². The number of nitrogens with two attached hydrogens (primary N) is 1. The topological polar surface area (TPSA) is 56.7 Å². The minimum Gasteiger partial charge on any atom is -0.322 e. The quantitative estimate of drug-likeness (QED) is 0.508. The fourth-order valence-corrected chi connectivity index (χ4v) is 1.38. The van der Waals surface area contributed by atoms with E-state index in [-0.39, 0.29) is 0 Å². The van der Waals surface area contributed by atoms with E-state index >= 15 is 0 Å². The van der Waals surface area contributed by atoms with Crippen LogP contribution in [0.15, 0.2) is 0 Å². The third-order valence-electron chi connectivity index (χ3n) is 1.95. The summed E-state index contributed by atoms with van der Waals surface area (Å²) in [7, 11) is 0. The second kappa shape index (κ2) is 1.97. The largest absolute Gasteiger partial charge is 0.322 e. The first-order chi connectivity index (χ1) is 4.88. The van der Waals surface area contributed by atoms with E-state index in [0.717, 1.165) is 24.2 Å². The van der Waals surface area contributed by atoms with Crippen molar-refractivity contribution in [1.82, 2.24) is 15.1 Å². The number of rotatable bonds is 0. The molecule has 1 aliphatic carbocycles. The highest BCUT2D eigenvalue weighted by atomic mass is 15.6. The van der Waals surface area contributed by atoms with Gasteiger partial charge in [-0.15, -0.1) is 5.10 Å². The normalized spacial score (nSPS) is 16.8. The number of aryl methyl sites for hydroxylation is 1. The first-order valence-corrected chi connectivity index (χ1v) is 3.56. The van der Waals surface area contributed by atoms with Gasteiger partial charge < -0.3 is 5.84 Å². The van der Waals surface area contributed by atoms with Crippen LogP contribution in [0, 0.1) is 0 Å². The predicted molar refractivity (Wildman–Crippen MR) is 36.8 cm³/mol. The zero-order valence-electron chi connectivity index (χ0n) is 5.75. The van der Waals surface area contributed by atoms with Gasteiger partial charge in [-0.3, -0.25) is 0 Å². The van der Waals surface area contributed by atoms with E-state index in [0.29, 0.717) is 0 Å². The summed E-state index contributed by atoms with van der Waals surface area (Å²) >= 11 is 0. The van der Waals surface area contributed by atoms with Crippen molar-refractivity contribution in [3.63, 3.8) is 0 Å². The molecule has 0 atom stereocenters. The molecule has 4 heteroatoms. The molecule has 0 amide bonds. The van der Waals surface area contributed by atoms with Gasteiger partial charge in [-0.25, -0.2) is 0 Å². The third kappa shape index (κ3) is 0.683. The van der Waals surface area contributed by atoms with Crippen LogP contribution in [0.4, 0.5) is 0 Å². The molecule has 10 heavy (non-hydrogen) atoms. The van der Waals surface area contributed by atoms with Crippen LogP contribution in [-0.4, -0.2) is 15.1 Å². The molecule has 0 unspecified atom stereocenters. The average Bonchev–Trinajstić information content (AvgIpc) is 2.34. The van der Waals surface area contributed by atoms with Gasteiger partial charge >= 0.3 is 0 Å². The molecule has 0 spiro atoms. The third-order valence-corrected chi connectivity index (χ3v) is 1.95. The number of nitrogens with zero attached hydrogens (tertiary/aromatic N) is 3. The molecule has 0 aromatic carbocycles. The van der Waals surface area contributed by atoms with Gasteiger partial charge in [0.05, 0.1) is 11.4 Å². The smallest absolute Gasteiger partial charge is 0.0881 e. The standard InChI is InChI=1S/C6H10N4/c7-10-6-4-2-1-3-5(6)8-9-10/h1-4,7H2. The van der Waals surface area contributed by atoms with Crippen LogP contribution in [0.1, 0.15) is 24.2 Å². The van der Waals surface area contributed by atoms with Crippen LogP contribution in [0.2, 0.25) is 0 Å². The number of fused-ring (bicyclic) bond motifs is 1. The Morgan fingerprint density at radius 2 is 2.10 bits per heavy atom. The first kappa shape index (κ1) is 5.70. The van der Waals surface area contributed by atoms with Gasteiger partial charge in [0.15, 0.2) is 0 Å². The van der Waals surface area contributed by atoms with Crippen molar-refractivity contribution in [2.75, 3.05) is 5.84 Å². The molecule has 1 aliphatic rings. The summed E-state index contributed by atoms with van der Waals surface area (Å²) in [6.45, 7) is 0. The Hall–Kier alpha value is -1.06. The number of nitrogen functional groups attached to an aromatic ring is 1. The van der Waals surface area contributed by atoms with E-state index in [1.165, 1.54) is 17.6 Å². The zero-order valence-corrected chi connectivity index (χ0v) is 5.75. The van der Waals surface area contributed by atoms with Crippen molar-refractivity contribution in [1.29, 1.82) is 0 Å². The molecular formula is C6H10N4. The SMILES string of the molecule is Nn1nnc2c1CCCC2. The van der Waals surface area contributed by atoms with Gasteiger partial charge in [0.2, 0.25) is 0 Å². The Morgan fingerprint density at radius 1 is 1.30 bits per heavy atom. The molecule has 1 heterocycles. The first-order valence-electron chi connectivity index (χ1n) is 3.56. The van der Waals surface area contributed by atoms with E-state index < -0.39 is 0 Å². The summed E-state index contributed by atoms with van der Waals surface area (Å²) in [6, 6.07) is 0. The Labute approximate surface area is 59.0 Å². The number of hydrogen-bond acceptors (Lipinski definition) is 3. The fraction of sp³-hybridized carbons (Fsp3) is 0.667.